The maximum atomic E-state index is 2.43. The van der Waals surface area contributed by atoms with Crippen molar-refractivity contribution in [3.63, 3.8) is 0 Å². The van der Waals surface area contributed by atoms with E-state index in [4.69, 9.17) is 0 Å². The van der Waals surface area contributed by atoms with Gasteiger partial charge in [0.1, 0.15) is 0 Å². The predicted molar refractivity (Wildman–Crippen MR) is 255 cm³/mol. The molecule has 0 aliphatic heterocycles. The standard InChI is InChI=1S/C58H40N2/c1-3-14-41(15-4-1)42-26-33-48(34-27-42)59(49-37-30-46(31-38-49)53-22-10-9-21-52(53)44-16-5-2-6-17-44)51-20-13-19-47(40-51)43-28-35-50(36-29-43)60-57-25-12-11-24-55(57)56-39-32-45-18-7-8-23-54(45)58(56)60/h1-40H. The Morgan fingerprint density at radius 2 is 0.783 bits per heavy atom. The van der Waals surface area contributed by atoms with E-state index in [1.807, 2.05) is 0 Å². The number of anilines is 3. The first-order chi connectivity index (χ1) is 29.8. The highest BCUT2D eigenvalue weighted by molar-refractivity contribution is 6.18. The molecule has 0 amide bonds. The second-order valence-corrected chi connectivity index (χ2v) is 15.3. The Labute approximate surface area is 350 Å². The molecule has 2 heteroatoms. The number of benzene rings is 10. The van der Waals surface area contributed by atoms with Crippen molar-refractivity contribution >= 4 is 49.6 Å². The lowest BCUT2D eigenvalue weighted by atomic mass is 9.94. The third kappa shape index (κ3) is 6.32. The van der Waals surface area contributed by atoms with Crippen LogP contribution >= 0.6 is 0 Å². The number of aromatic nitrogens is 1. The van der Waals surface area contributed by atoms with E-state index >= 15 is 0 Å². The van der Waals surface area contributed by atoms with Gasteiger partial charge in [0.2, 0.25) is 0 Å². The molecule has 0 spiro atoms. The predicted octanol–water partition coefficient (Wildman–Crippen LogP) is 16.1. The molecule has 1 heterocycles. The van der Waals surface area contributed by atoms with Gasteiger partial charge in [0, 0.05) is 38.9 Å². The highest BCUT2D eigenvalue weighted by atomic mass is 15.1. The molecule has 11 aromatic rings. The molecular weight excluding hydrogens is 725 g/mol. The zero-order valence-electron chi connectivity index (χ0n) is 33.0. The quantitative estimate of drug-likeness (QED) is 0.150. The van der Waals surface area contributed by atoms with Gasteiger partial charge in [0.05, 0.1) is 11.0 Å². The van der Waals surface area contributed by atoms with Gasteiger partial charge in [0.15, 0.2) is 0 Å². The van der Waals surface area contributed by atoms with Crippen LogP contribution < -0.4 is 4.90 Å². The van der Waals surface area contributed by atoms with Crippen molar-refractivity contribution in [3.8, 4) is 50.2 Å². The molecule has 2 nitrogen and oxygen atoms in total. The minimum absolute atomic E-state index is 1.09. The van der Waals surface area contributed by atoms with Crippen LogP contribution in [0.3, 0.4) is 0 Å². The van der Waals surface area contributed by atoms with Crippen LogP contribution in [0.4, 0.5) is 17.1 Å². The van der Waals surface area contributed by atoms with E-state index < -0.39 is 0 Å². The molecule has 0 N–H and O–H groups in total. The van der Waals surface area contributed by atoms with Crippen LogP contribution in [-0.4, -0.2) is 4.57 Å². The first-order valence-electron chi connectivity index (χ1n) is 20.6. The summed E-state index contributed by atoms with van der Waals surface area (Å²) in [6.07, 6.45) is 0. The van der Waals surface area contributed by atoms with Crippen molar-refractivity contribution in [1.82, 2.24) is 4.57 Å². The molecule has 60 heavy (non-hydrogen) atoms. The Bertz CT molecular complexity index is 3270. The van der Waals surface area contributed by atoms with Crippen molar-refractivity contribution in [2.75, 3.05) is 4.90 Å². The number of nitrogens with zero attached hydrogens (tertiary/aromatic N) is 2. The third-order valence-corrected chi connectivity index (χ3v) is 11.8. The van der Waals surface area contributed by atoms with E-state index in [1.54, 1.807) is 0 Å². The highest BCUT2D eigenvalue weighted by Crippen LogP contribution is 2.41. The molecule has 0 radical (unpaired) electrons. The molecule has 0 saturated carbocycles. The van der Waals surface area contributed by atoms with Crippen molar-refractivity contribution in [2.24, 2.45) is 0 Å². The minimum Gasteiger partial charge on any atom is -0.310 e. The number of hydrogen-bond donors (Lipinski definition) is 0. The molecular formula is C58H40N2. The summed E-state index contributed by atoms with van der Waals surface area (Å²) in [5.41, 5.74) is 16.4. The molecule has 0 aliphatic rings. The zero-order chi connectivity index (χ0) is 39.8. The molecule has 0 aliphatic carbocycles. The minimum atomic E-state index is 1.09. The fraction of sp³-hybridized carbons (Fsp3) is 0. The zero-order valence-corrected chi connectivity index (χ0v) is 33.0. The Morgan fingerprint density at radius 1 is 0.283 bits per heavy atom. The van der Waals surface area contributed by atoms with Crippen molar-refractivity contribution in [2.45, 2.75) is 0 Å². The average Bonchev–Trinajstić information content (AvgIpc) is 3.68. The Morgan fingerprint density at radius 3 is 1.48 bits per heavy atom. The van der Waals surface area contributed by atoms with Gasteiger partial charge < -0.3 is 9.47 Å². The molecule has 10 aromatic carbocycles. The van der Waals surface area contributed by atoms with E-state index in [2.05, 4.69) is 252 Å². The maximum absolute atomic E-state index is 2.43. The Balaban J connectivity index is 0.986. The van der Waals surface area contributed by atoms with E-state index in [9.17, 15) is 0 Å². The van der Waals surface area contributed by atoms with Crippen LogP contribution in [0.25, 0.3) is 82.8 Å². The summed E-state index contributed by atoms with van der Waals surface area (Å²) in [6.45, 7) is 0. The molecule has 1 aromatic heterocycles. The lowest BCUT2D eigenvalue weighted by molar-refractivity contribution is 1.19. The van der Waals surface area contributed by atoms with Crippen LogP contribution in [0.2, 0.25) is 0 Å². The van der Waals surface area contributed by atoms with E-state index in [0.717, 1.165) is 28.3 Å². The molecule has 0 bridgehead atoms. The van der Waals surface area contributed by atoms with Gasteiger partial charge in [-0.25, -0.2) is 0 Å². The second-order valence-electron chi connectivity index (χ2n) is 15.3. The Hall–Kier alpha value is -7.94. The number of para-hydroxylation sites is 1. The lowest BCUT2D eigenvalue weighted by Gasteiger charge is -2.26. The van der Waals surface area contributed by atoms with Crippen molar-refractivity contribution < 1.29 is 0 Å². The van der Waals surface area contributed by atoms with Crippen LogP contribution in [-0.2, 0) is 0 Å². The van der Waals surface area contributed by atoms with Gasteiger partial charge in [0.25, 0.3) is 0 Å². The summed E-state index contributed by atoms with van der Waals surface area (Å²) in [5, 5.41) is 5.04. The fourth-order valence-electron chi connectivity index (χ4n) is 8.90. The summed E-state index contributed by atoms with van der Waals surface area (Å²) in [7, 11) is 0. The van der Waals surface area contributed by atoms with E-state index in [1.165, 1.54) is 71.5 Å². The second kappa shape index (κ2) is 15.1. The van der Waals surface area contributed by atoms with Crippen LogP contribution in [0.5, 0.6) is 0 Å². The average molecular weight is 765 g/mol. The van der Waals surface area contributed by atoms with Crippen LogP contribution in [0.1, 0.15) is 0 Å². The van der Waals surface area contributed by atoms with Gasteiger partial charge in [-0.15, -0.1) is 0 Å². The number of hydrogen-bond acceptors (Lipinski definition) is 1. The maximum Gasteiger partial charge on any atom is 0.0619 e. The molecule has 0 atom stereocenters. The van der Waals surface area contributed by atoms with Crippen LogP contribution in [0, 0.1) is 0 Å². The normalized spacial score (nSPS) is 11.3. The first-order valence-corrected chi connectivity index (χ1v) is 20.6. The summed E-state index contributed by atoms with van der Waals surface area (Å²) in [6, 6.07) is 87.7. The largest absolute Gasteiger partial charge is 0.310 e. The van der Waals surface area contributed by atoms with E-state index in [0.29, 0.717) is 0 Å². The molecule has 0 unspecified atom stereocenters. The van der Waals surface area contributed by atoms with Gasteiger partial charge in [-0.3, -0.25) is 0 Å². The van der Waals surface area contributed by atoms with Gasteiger partial charge in [-0.1, -0.05) is 188 Å². The summed E-state index contributed by atoms with van der Waals surface area (Å²) < 4.78 is 2.43. The topological polar surface area (TPSA) is 8.17 Å². The number of rotatable bonds is 8. The monoisotopic (exact) mass is 764 g/mol. The van der Waals surface area contributed by atoms with Crippen molar-refractivity contribution in [3.05, 3.63) is 243 Å². The summed E-state index contributed by atoms with van der Waals surface area (Å²) in [4.78, 5) is 2.36. The van der Waals surface area contributed by atoms with Gasteiger partial charge in [-0.2, -0.15) is 0 Å². The fourth-order valence-corrected chi connectivity index (χ4v) is 8.90. The third-order valence-electron chi connectivity index (χ3n) is 11.8. The summed E-state index contributed by atoms with van der Waals surface area (Å²) >= 11 is 0. The molecule has 0 fully saturated rings. The molecule has 0 saturated heterocycles. The SMILES string of the molecule is c1ccc(-c2ccc(N(c3ccc(-c4ccccc4-c4ccccc4)cc3)c3cccc(-c4ccc(-n5c6ccccc6c6ccc7ccccc7c65)cc4)c3)cc2)cc1. The molecule has 11 rings (SSSR count). The van der Waals surface area contributed by atoms with Crippen molar-refractivity contribution in [1.29, 1.82) is 0 Å². The van der Waals surface area contributed by atoms with Gasteiger partial charge in [-0.05, 0) is 104 Å². The molecule has 282 valence electrons. The first kappa shape index (κ1) is 35.2. The Kier molecular flexibility index (Phi) is 8.87. The van der Waals surface area contributed by atoms with Gasteiger partial charge >= 0.3 is 0 Å². The van der Waals surface area contributed by atoms with Crippen LogP contribution in [0.15, 0.2) is 243 Å². The lowest BCUT2D eigenvalue weighted by Crippen LogP contribution is -2.10. The smallest absolute Gasteiger partial charge is 0.0619 e. The number of fused-ring (bicyclic) bond motifs is 5. The summed E-state index contributed by atoms with van der Waals surface area (Å²) in [5.74, 6) is 0. The highest BCUT2D eigenvalue weighted by Gasteiger charge is 2.17. The van der Waals surface area contributed by atoms with E-state index in [-0.39, 0.29) is 0 Å².